The average molecular weight is 393 g/mol. The number of carbonyl (C=O) groups excluding carboxylic acids is 2. The van der Waals surface area contributed by atoms with Gasteiger partial charge >= 0.3 is 0 Å². The van der Waals surface area contributed by atoms with Gasteiger partial charge in [0, 0.05) is 12.2 Å². The second-order valence-corrected chi connectivity index (χ2v) is 6.75. The van der Waals surface area contributed by atoms with Crippen LogP contribution < -0.4 is 10.9 Å². The van der Waals surface area contributed by atoms with Gasteiger partial charge in [-0.05, 0) is 37.1 Å². The van der Waals surface area contributed by atoms with Gasteiger partial charge in [0.05, 0.1) is 11.9 Å². The molecule has 0 atom stereocenters. The predicted octanol–water partition coefficient (Wildman–Crippen LogP) is 1.98. The van der Waals surface area contributed by atoms with E-state index in [1.54, 1.807) is 24.3 Å². The maximum Gasteiger partial charge on any atom is 0.278 e. The summed E-state index contributed by atoms with van der Waals surface area (Å²) >= 11 is 0. The van der Waals surface area contributed by atoms with E-state index in [2.05, 4.69) is 15.6 Å². The van der Waals surface area contributed by atoms with Crippen LogP contribution in [0.5, 0.6) is 0 Å². The molecule has 0 aliphatic carbocycles. The van der Waals surface area contributed by atoms with E-state index in [0.29, 0.717) is 29.6 Å². The number of benzene rings is 2. The molecule has 0 saturated carbocycles. The zero-order chi connectivity index (χ0) is 20.8. The summed E-state index contributed by atoms with van der Waals surface area (Å²) < 4.78 is 1.03. The maximum atomic E-state index is 12.8. The number of anilines is 1. The Labute approximate surface area is 168 Å². The Kier molecular flexibility index (Phi) is 6.33. The van der Waals surface area contributed by atoms with Crippen LogP contribution in [-0.4, -0.2) is 44.8 Å². The molecular formula is C21H23N5O3. The van der Waals surface area contributed by atoms with Crippen LogP contribution in [0.2, 0.25) is 0 Å². The number of nitrogens with zero attached hydrogens (tertiary/aromatic N) is 4. The Morgan fingerprint density at radius 2 is 1.83 bits per heavy atom. The topological polar surface area (TPSA) is 97.2 Å². The minimum Gasteiger partial charge on any atom is -0.332 e. The number of para-hydroxylation sites is 1. The molecule has 1 aromatic heterocycles. The van der Waals surface area contributed by atoms with Crippen molar-refractivity contribution in [2.24, 2.45) is 0 Å². The normalized spacial score (nSPS) is 10.7. The van der Waals surface area contributed by atoms with Crippen molar-refractivity contribution in [1.82, 2.24) is 19.9 Å². The van der Waals surface area contributed by atoms with E-state index >= 15 is 0 Å². The van der Waals surface area contributed by atoms with Crippen LogP contribution in [-0.2, 0) is 16.1 Å². The number of aromatic nitrogens is 3. The van der Waals surface area contributed by atoms with Crippen LogP contribution in [0.15, 0.2) is 53.3 Å². The SMILES string of the molecule is CCCN(CC(=O)Nc1ccccc1C)C(=O)Cn1nnc2ccccc2c1=O. The quantitative estimate of drug-likeness (QED) is 0.662. The van der Waals surface area contributed by atoms with E-state index in [0.717, 1.165) is 10.2 Å². The average Bonchev–Trinajstić information content (AvgIpc) is 2.71. The number of nitrogens with one attached hydrogen (secondary N) is 1. The molecule has 29 heavy (non-hydrogen) atoms. The molecule has 0 spiro atoms. The van der Waals surface area contributed by atoms with Gasteiger partial charge in [-0.25, -0.2) is 4.68 Å². The molecule has 1 N–H and O–H groups in total. The molecule has 2 amide bonds. The van der Waals surface area contributed by atoms with Crippen LogP contribution in [0.25, 0.3) is 10.9 Å². The fourth-order valence-electron chi connectivity index (χ4n) is 2.99. The molecule has 0 saturated heterocycles. The summed E-state index contributed by atoms with van der Waals surface area (Å²) in [6.45, 7) is 3.85. The minimum absolute atomic E-state index is 0.100. The smallest absolute Gasteiger partial charge is 0.278 e. The summed E-state index contributed by atoms with van der Waals surface area (Å²) in [6, 6.07) is 14.3. The van der Waals surface area contributed by atoms with Crippen LogP contribution in [0, 0.1) is 6.92 Å². The lowest BCUT2D eigenvalue weighted by Gasteiger charge is -2.22. The largest absolute Gasteiger partial charge is 0.332 e. The lowest BCUT2D eigenvalue weighted by molar-refractivity contribution is -0.135. The number of aryl methyl sites for hydroxylation is 1. The molecular weight excluding hydrogens is 370 g/mol. The van der Waals surface area contributed by atoms with Gasteiger partial charge in [-0.2, -0.15) is 0 Å². The van der Waals surface area contributed by atoms with Crippen molar-refractivity contribution >= 4 is 28.4 Å². The summed E-state index contributed by atoms with van der Waals surface area (Å²) in [6.07, 6.45) is 0.682. The molecule has 8 nitrogen and oxygen atoms in total. The minimum atomic E-state index is -0.384. The Hall–Kier alpha value is -3.55. The summed E-state index contributed by atoms with van der Waals surface area (Å²) in [5, 5.41) is 11.1. The molecule has 1 heterocycles. The van der Waals surface area contributed by atoms with Gasteiger partial charge in [0.25, 0.3) is 5.56 Å². The van der Waals surface area contributed by atoms with Gasteiger partial charge in [0.1, 0.15) is 12.1 Å². The summed E-state index contributed by atoms with van der Waals surface area (Å²) in [5.74, 6) is -0.656. The highest BCUT2D eigenvalue weighted by molar-refractivity contribution is 5.95. The first kappa shape index (κ1) is 20.2. The van der Waals surface area contributed by atoms with Gasteiger partial charge in [0.2, 0.25) is 11.8 Å². The van der Waals surface area contributed by atoms with Crippen molar-refractivity contribution in [3.05, 3.63) is 64.4 Å². The van der Waals surface area contributed by atoms with Crippen LogP contribution in [0.1, 0.15) is 18.9 Å². The first-order valence-corrected chi connectivity index (χ1v) is 9.45. The predicted molar refractivity (Wildman–Crippen MR) is 110 cm³/mol. The summed E-state index contributed by atoms with van der Waals surface area (Å²) in [4.78, 5) is 39.2. The van der Waals surface area contributed by atoms with Crippen LogP contribution in [0.4, 0.5) is 5.69 Å². The third-order valence-corrected chi connectivity index (χ3v) is 4.51. The van der Waals surface area contributed by atoms with E-state index < -0.39 is 0 Å². The van der Waals surface area contributed by atoms with E-state index in [-0.39, 0.29) is 30.5 Å². The lowest BCUT2D eigenvalue weighted by atomic mass is 10.2. The van der Waals surface area contributed by atoms with E-state index in [9.17, 15) is 14.4 Å². The van der Waals surface area contributed by atoms with Gasteiger partial charge in [0.15, 0.2) is 0 Å². The van der Waals surface area contributed by atoms with Gasteiger partial charge in [-0.15, -0.1) is 5.10 Å². The van der Waals surface area contributed by atoms with Gasteiger partial charge < -0.3 is 10.2 Å². The van der Waals surface area contributed by atoms with Crippen molar-refractivity contribution in [1.29, 1.82) is 0 Å². The number of hydrogen-bond acceptors (Lipinski definition) is 5. The Bertz CT molecular complexity index is 1090. The zero-order valence-electron chi connectivity index (χ0n) is 16.5. The molecule has 0 aliphatic rings. The first-order valence-electron chi connectivity index (χ1n) is 9.45. The van der Waals surface area contributed by atoms with E-state index in [1.165, 1.54) is 4.90 Å². The molecule has 0 fully saturated rings. The molecule has 3 rings (SSSR count). The molecule has 0 aliphatic heterocycles. The molecule has 0 radical (unpaired) electrons. The van der Waals surface area contributed by atoms with Crippen LogP contribution in [0.3, 0.4) is 0 Å². The third-order valence-electron chi connectivity index (χ3n) is 4.51. The molecule has 3 aromatic rings. The number of hydrogen-bond donors (Lipinski definition) is 1. The fourth-order valence-corrected chi connectivity index (χ4v) is 2.99. The molecule has 150 valence electrons. The van der Waals surface area contributed by atoms with E-state index in [4.69, 9.17) is 0 Å². The highest BCUT2D eigenvalue weighted by Crippen LogP contribution is 2.13. The van der Waals surface area contributed by atoms with Crippen molar-refractivity contribution in [3.8, 4) is 0 Å². The number of carbonyl (C=O) groups is 2. The molecule has 8 heteroatoms. The summed E-state index contributed by atoms with van der Waals surface area (Å²) in [5.41, 5.74) is 1.74. The van der Waals surface area contributed by atoms with Gasteiger partial charge in [-0.1, -0.05) is 42.5 Å². The highest BCUT2D eigenvalue weighted by Gasteiger charge is 2.19. The van der Waals surface area contributed by atoms with Crippen molar-refractivity contribution in [2.45, 2.75) is 26.8 Å². The second kappa shape index (κ2) is 9.09. The van der Waals surface area contributed by atoms with Gasteiger partial charge in [-0.3, -0.25) is 14.4 Å². The van der Waals surface area contributed by atoms with E-state index in [1.807, 2.05) is 38.1 Å². The monoisotopic (exact) mass is 393 g/mol. The standard InChI is InChI=1S/C21H23N5O3/c1-3-12-25(13-19(27)22-17-10-6-4-8-15(17)2)20(28)14-26-21(29)16-9-5-7-11-18(16)23-24-26/h4-11H,3,12-14H2,1-2H3,(H,22,27). The number of fused-ring (bicyclic) bond motifs is 1. The fraction of sp³-hybridized carbons (Fsp3) is 0.286. The Balaban J connectivity index is 1.72. The summed E-state index contributed by atoms with van der Waals surface area (Å²) in [7, 11) is 0. The molecule has 0 unspecified atom stereocenters. The maximum absolute atomic E-state index is 12.8. The third kappa shape index (κ3) is 4.84. The first-order chi connectivity index (χ1) is 14.0. The Morgan fingerprint density at radius 3 is 2.59 bits per heavy atom. The number of rotatable bonds is 7. The Morgan fingerprint density at radius 1 is 1.10 bits per heavy atom. The lowest BCUT2D eigenvalue weighted by Crippen LogP contribution is -2.42. The van der Waals surface area contributed by atoms with Crippen molar-refractivity contribution < 1.29 is 9.59 Å². The molecule has 2 aromatic carbocycles. The zero-order valence-corrected chi connectivity index (χ0v) is 16.5. The van der Waals surface area contributed by atoms with Crippen LogP contribution >= 0.6 is 0 Å². The molecule has 0 bridgehead atoms. The second-order valence-electron chi connectivity index (χ2n) is 6.75. The van der Waals surface area contributed by atoms with Crippen molar-refractivity contribution in [3.63, 3.8) is 0 Å². The number of amides is 2. The highest BCUT2D eigenvalue weighted by atomic mass is 16.2. The van der Waals surface area contributed by atoms with Crippen molar-refractivity contribution in [2.75, 3.05) is 18.4 Å².